The molecule has 3 aromatic heterocycles. The van der Waals surface area contributed by atoms with Gasteiger partial charge in [-0.3, -0.25) is 4.79 Å². The molecule has 0 amide bonds. The van der Waals surface area contributed by atoms with Crippen LogP contribution in [0.25, 0.3) is 22.1 Å². The van der Waals surface area contributed by atoms with Crippen molar-refractivity contribution in [2.75, 3.05) is 0 Å². The highest BCUT2D eigenvalue weighted by molar-refractivity contribution is 7.90. The van der Waals surface area contributed by atoms with Crippen molar-refractivity contribution in [2.45, 2.75) is 36.6 Å². The predicted molar refractivity (Wildman–Crippen MR) is 102 cm³/mol. The maximum atomic E-state index is 13.1. The Hall–Kier alpha value is -3.07. The smallest absolute Gasteiger partial charge is 0.269 e. The van der Waals surface area contributed by atoms with Crippen LogP contribution in [0.4, 0.5) is 0 Å². The second-order valence-electron chi connectivity index (χ2n) is 6.96. The molecule has 1 fully saturated rings. The van der Waals surface area contributed by atoms with E-state index in [0.717, 1.165) is 5.52 Å². The van der Waals surface area contributed by atoms with Crippen LogP contribution in [-0.4, -0.2) is 38.2 Å². The Morgan fingerprint density at radius 2 is 1.79 bits per heavy atom. The Bertz CT molecular complexity index is 1300. The molecule has 0 atom stereocenters. The van der Waals surface area contributed by atoms with Crippen molar-refractivity contribution >= 4 is 37.9 Å². The van der Waals surface area contributed by atoms with Crippen LogP contribution in [0.3, 0.4) is 0 Å². The summed E-state index contributed by atoms with van der Waals surface area (Å²) in [6.07, 6.45) is 5.55. The molecule has 1 aliphatic rings. The molecule has 1 aliphatic carbocycles. The average molecular weight is 395 g/mol. The fourth-order valence-electron chi connectivity index (χ4n) is 3.82. The van der Waals surface area contributed by atoms with E-state index >= 15 is 0 Å². The number of rotatable bonds is 3. The number of pyridine rings is 1. The summed E-state index contributed by atoms with van der Waals surface area (Å²) >= 11 is 0. The number of fused-ring (bicyclic) bond motifs is 3. The third kappa shape index (κ3) is 2.54. The second-order valence-corrected chi connectivity index (χ2v) is 8.78. The number of benzene rings is 1. The van der Waals surface area contributed by atoms with Gasteiger partial charge in [0.15, 0.2) is 5.65 Å². The lowest BCUT2D eigenvalue weighted by Gasteiger charge is -2.21. The average Bonchev–Trinajstić information content (AvgIpc) is 3.33. The van der Waals surface area contributed by atoms with Crippen molar-refractivity contribution in [3.63, 3.8) is 0 Å². The van der Waals surface area contributed by atoms with Gasteiger partial charge in [0.05, 0.1) is 17.1 Å². The first-order valence-corrected chi connectivity index (χ1v) is 10.5. The topological polar surface area (TPSA) is 99.7 Å². The molecule has 0 N–H and O–H groups in total. The summed E-state index contributed by atoms with van der Waals surface area (Å²) in [4.78, 5) is 16.1. The first kappa shape index (κ1) is 17.1. The van der Waals surface area contributed by atoms with Crippen molar-refractivity contribution < 1.29 is 13.2 Å². The normalized spacial score (nSPS) is 16.2. The van der Waals surface area contributed by atoms with Gasteiger partial charge in [0.25, 0.3) is 10.0 Å². The first-order valence-electron chi connectivity index (χ1n) is 9.09. The van der Waals surface area contributed by atoms with E-state index in [4.69, 9.17) is 0 Å². The molecule has 4 aromatic rings. The zero-order valence-electron chi connectivity index (χ0n) is 14.9. The highest BCUT2D eigenvalue weighted by Crippen LogP contribution is 2.32. The fraction of sp³-hybridized carbons (Fsp3) is 0.263. The number of nitrogens with zero attached hydrogens (tertiary/aromatic N) is 5. The minimum absolute atomic E-state index is 0.0716. The fourth-order valence-corrected chi connectivity index (χ4v) is 5.14. The molecular formula is C19H17N5O3S. The van der Waals surface area contributed by atoms with Gasteiger partial charge in [-0.15, -0.1) is 5.10 Å². The molecule has 0 unspecified atom stereocenters. The van der Waals surface area contributed by atoms with Crippen molar-refractivity contribution in [3.8, 4) is 0 Å². The van der Waals surface area contributed by atoms with Crippen LogP contribution >= 0.6 is 0 Å². The van der Waals surface area contributed by atoms with Crippen LogP contribution in [0.1, 0.15) is 31.7 Å². The zero-order valence-corrected chi connectivity index (χ0v) is 15.7. The van der Waals surface area contributed by atoms with Gasteiger partial charge in [-0.1, -0.05) is 23.4 Å². The van der Waals surface area contributed by atoms with Crippen LogP contribution in [-0.2, 0) is 14.8 Å². The highest BCUT2D eigenvalue weighted by Gasteiger charge is 2.26. The molecule has 0 bridgehead atoms. The van der Waals surface area contributed by atoms with E-state index in [1.54, 1.807) is 42.6 Å². The summed E-state index contributed by atoms with van der Waals surface area (Å²) < 4.78 is 29.1. The number of hydrogen-bond acceptors (Lipinski definition) is 6. The lowest BCUT2D eigenvalue weighted by Crippen LogP contribution is -2.19. The molecule has 0 aliphatic heterocycles. The zero-order chi connectivity index (χ0) is 19.3. The number of hydrogen-bond donors (Lipinski definition) is 0. The number of carbonyl (C=O) groups is 1. The molecule has 28 heavy (non-hydrogen) atoms. The summed E-state index contributed by atoms with van der Waals surface area (Å²) in [5.41, 5.74) is 1.71. The van der Waals surface area contributed by atoms with E-state index in [0.29, 0.717) is 42.2 Å². The summed E-state index contributed by atoms with van der Waals surface area (Å²) in [7, 11) is -3.76. The van der Waals surface area contributed by atoms with E-state index in [9.17, 15) is 13.2 Å². The molecule has 0 saturated heterocycles. The monoisotopic (exact) mass is 395 g/mol. The molecule has 0 radical (unpaired) electrons. The Kier molecular flexibility index (Phi) is 3.80. The van der Waals surface area contributed by atoms with E-state index in [2.05, 4.69) is 15.3 Å². The van der Waals surface area contributed by atoms with E-state index in [1.807, 2.05) is 4.68 Å². The van der Waals surface area contributed by atoms with Crippen molar-refractivity contribution in [2.24, 2.45) is 0 Å². The van der Waals surface area contributed by atoms with Crippen LogP contribution in [0.2, 0.25) is 0 Å². The number of carbonyl (C=O) groups excluding carboxylic acids is 1. The molecule has 9 heteroatoms. The lowest BCUT2D eigenvalue weighted by atomic mass is 9.94. The Morgan fingerprint density at radius 1 is 1.04 bits per heavy atom. The van der Waals surface area contributed by atoms with Gasteiger partial charge in [0.2, 0.25) is 0 Å². The number of ketones is 1. The van der Waals surface area contributed by atoms with Gasteiger partial charge in [-0.2, -0.15) is 0 Å². The second kappa shape index (κ2) is 6.23. The van der Waals surface area contributed by atoms with Gasteiger partial charge in [0.1, 0.15) is 16.8 Å². The quantitative estimate of drug-likeness (QED) is 0.529. The lowest BCUT2D eigenvalue weighted by molar-refractivity contribution is -0.120. The molecule has 1 saturated carbocycles. The van der Waals surface area contributed by atoms with E-state index in [1.165, 1.54) is 10.2 Å². The first-order chi connectivity index (χ1) is 13.6. The van der Waals surface area contributed by atoms with Crippen molar-refractivity contribution in [3.05, 3.63) is 48.8 Å². The van der Waals surface area contributed by atoms with Gasteiger partial charge in [0, 0.05) is 24.4 Å². The van der Waals surface area contributed by atoms with Crippen LogP contribution < -0.4 is 0 Å². The Labute approximate surface area is 160 Å². The van der Waals surface area contributed by atoms with Crippen molar-refractivity contribution in [1.82, 2.24) is 24.0 Å². The minimum atomic E-state index is -3.76. The van der Waals surface area contributed by atoms with Crippen molar-refractivity contribution in [1.29, 1.82) is 0 Å². The third-order valence-electron chi connectivity index (χ3n) is 5.27. The summed E-state index contributed by atoms with van der Waals surface area (Å²) in [5, 5.41) is 9.16. The minimum Gasteiger partial charge on any atom is -0.300 e. The molecule has 5 rings (SSSR count). The maximum absolute atomic E-state index is 13.1. The SMILES string of the molecule is O=C1CCC(n2nnc3cnc4c(ccn4S(=O)(=O)c4ccccc4)c32)CC1. The number of aromatic nitrogens is 5. The largest absolute Gasteiger partial charge is 0.300 e. The summed E-state index contributed by atoms with van der Waals surface area (Å²) in [6.45, 7) is 0. The maximum Gasteiger partial charge on any atom is 0.269 e. The Balaban J connectivity index is 1.68. The van der Waals surface area contributed by atoms with Gasteiger partial charge in [-0.25, -0.2) is 22.1 Å². The summed E-state index contributed by atoms with van der Waals surface area (Å²) in [5.74, 6) is 0.271. The predicted octanol–water partition coefficient (Wildman–Crippen LogP) is 2.70. The van der Waals surface area contributed by atoms with Gasteiger partial charge >= 0.3 is 0 Å². The molecule has 3 heterocycles. The van der Waals surface area contributed by atoms with E-state index < -0.39 is 10.0 Å². The highest BCUT2D eigenvalue weighted by atomic mass is 32.2. The molecule has 1 aromatic carbocycles. The van der Waals surface area contributed by atoms with Crippen LogP contribution in [0.15, 0.2) is 53.7 Å². The number of Topliss-reactive ketones (excluding diaryl/α,β-unsaturated/α-hetero) is 1. The van der Waals surface area contributed by atoms with Gasteiger partial charge in [-0.05, 0) is 31.0 Å². The summed E-state index contributed by atoms with van der Waals surface area (Å²) in [6, 6.07) is 10.1. The third-order valence-corrected chi connectivity index (χ3v) is 6.95. The van der Waals surface area contributed by atoms with Crippen LogP contribution in [0, 0.1) is 0 Å². The Morgan fingerprint density at radius 3 is 2.54 bits per heavy atom. The molecule has 8 nitrogen and oxygen atoms in total. The molecule has 0 spiro atoms. The van der Waals surface area contributed by atoms with E-state index in [-0.39, 0.29) is 16.7 Å². The standard InChI is InChI=1S/C19H17N5O3S/c25-14-8-6-13(7-9-14)24-18-16-10-11-23(19(16)20-12-17(18)21-22-24)28(26,27)15-4-2-1-3-5-15/h1-5,10-13H,6-9H2. The molecular weight excluding hydrogens is 378 g/mol. The van der Waals surface area contributed by atoms with Gasteiger partial charge < -0.3 is 0 Å². The molecule has 142 valence electrons. The van der Waals surface area contributed by atoms with Crippen LogP contribution in [0.5, 0.6) is 0 Å².